The first-order valence-corrected chi connectivity index (χ1v) is 8.98. The average molecular weight is 365 g/mol. The van der Waals surface area contributed by atoms with Gasteiger partial charge in [0.15, 0.2) is 5.78 Å². The summed E-state index contributed by atoms with van der Waals surface area (Å²) in [5.41, 5.74) is 0.891. The van der Waals surface area contributed by atoms with Crippen LogP contribution in [0.2, 0.25) is 5.02 Å². The lowest BCUT2D eigenvalue weighted by atomic mass is 9.98. The van der Waals surface area contributed by atoms with Crippen molar-refractivity contribution in [2.75, 3.05) is 18.0 Å². The molecule has 3 rings (SSSR count). The van der Waals surface area contributed by atoms with Gasteiger partial charge in [0.1, 0.15) is 5.00 Å². The fraction of sp³-hybridized carbons (Fsp3) is 0.353. The predicted molar refractivity (Wildman–Crippen MR) is 96.5 cm³/mol. The highest BCUT2D eigenvalue weighted by molar-refractivity contribution is 7.19. The number of ketones is 1. The number of hydrogen-bond acceptors (Lipinski definition) is 5. The van der Waals surface area contributed by atoms with E-state index >= 15 is 0 Å². The summed E-state index contributed by atoms with van der Waals surface area (Å²) in [7, 11) is 0. The van der Waals surface area contributed by atoms with Gasteiger partial charge in [0.2, 0.25) is 0 Å². The van der Waals surface area contributed by atoms with Crippen molar-refractivity contribution in [2.45, 2.75) is 19.8 Å². The van der Waals surface area contributed by atoms with Crippen LogP contribution < -0.4 is 4.90 Å². The van der Waals surface area contributed by atoms with E-state index in [1.165, 1.54) is 6.07 Å². The maximum atomic E-state index is 12.8. The zero-order valence-corrected chi connectivity index (χ0v) is 14.8. The molecule has 0 unspecified atom stereocenters. The van der Waals surface area contributed by atoms with Gasteiger partial charge in [0, 0.05) is 29.7 Å². The van der Waals surface area contributed by atoms with E-state index in [9.17, 15) is 14.9 Å². The molecule has 5 nitrogen and oxygen atoms in total. The molecule has 1 saturated heterocycles. The summed E-state index contributed by atoms with van der Waals surface area (Å²) in [6.07, 6.45) is 2.06. The van der Waals surface area contributed by atoms with E-state index in [0.29, 0.717) is 27.1 Å². The van der Waals surface area contributed by atoms with Crippen LogP contribution in [0.1, 0.15) is 35.7 Å². The predicted octanol–water partition coefficient (Wildman–Crippen LogP) is 4.78. The van der Waals surface area contributed by atoms with Gasteiger partial charge in [-0.1, -0.05) is 18.5 Å². The summed E-state index contributed by atoms with van der Waals surface area (Å²) in [5, 5.41) is 12.4. The Bertz CT molecular complexity index is 765. The number of hydrogen-bond donors (Lipinski definition) is 0. The molecule has 0 atom stereocenters. The summed E-state index contributed by atoms with van der Waals surface area (Å²) in [6, 6.07) is 8.00. The standard InChI is InChI=1S/C17H17ClN2O3S/c1-11-6-8-19(9-7-11)17-14(10-15(24-17)20(22)23)16(21)12-2-4-13(18)5-3-12/h2-5,10-11H,6-9H2,1H3. The van der Waals surface area contributed by atoms with E-state index in [1.54, 1.807) is 24.3 Å². The quantitative estimate of drug-likeness (QED) is 0.445. The van der Waals surface area contributed by atoms with Crippen LogP contribution in [0.25, 0.3) is 0 Å². The average Bonchev–Trinajstić information content (AvgIpc) is 3.01. The molecule has 0 spiro atoms. The topological polar surface area (TPSA) is 63.4 Å². The lowest BCUT2D eigenvalue weighted by molar-refractivity contribution is -0.380. The number of nitrogens with zero attached hydrogens (tertiary/aromatic N) is 2. The number of carbonyl (C=O) groups excluding carboxylic acids is 1. The van der Waals surface area contributed by atoms with Gasteiger partial charge < -0.3 is 4.90 Å². The van der Waals surface area contributed by atoms with Gasteiger partial charge in [-0.2, -0.15) is 0 Å². The van der Waals surface area contributed by atoms with Gasteiger partial charge in [0.25, 0.3) is 0 Å². The highest BCUT2D eigenvalue weighted by Gasteiger charge is 2.28. The van der Waals surface area contributed by atoms with Crippen molar-refractivity contribution in [2.24, 2.45) is 5.92 Å². The van der Waals surface area contributed by atoms with Crippen LogP contribution in [0.3, 0.4) is 0 Å². The molecule has 7 heteroatoms. The Hall–Kier alpha value is -1.92. The Balaban J connectivity index is 1.97. The van der Waals surface area contributed by atoms with Crippen molar-refractivity contribution in [1.82, 2.24) is 0 Å². The number of carbonyl (C=O) groups is 1. The van der Waals surface area contributed by atoms with Crippen LogP contribution in [-0.2, 0) is 0 Å². The van der Waals surface area contributed by atoms with Crippen LogP contribution in [0.5, 0.6) is 0 Å². The van der Waals surface area contributed by atoms with Gasteiger partial charge in [0.05, 0.1) is 10.5 Å². The minimum absolute atomic E-state index is 0.000866. The van der Waals surface area contributed by atoms with E-state index in [0.717, 1.165) is 37.3 Å². The molecule has 0 amide bonds. The molecule has 2 heterocycles. The molecule has 0 saturated carbocycles. The number of benzene rings is 1. The number of rotatable bonds is 4. The van der Waals surface area contributed by atoms with Crippen LogP contribution >= 0.6 is 22.9 Å². The second kappa shape index (κ2) is 6.91. The van der Waals surface area contributed by atoms with Crippen LogP contribution in [-0.4, -0.2) is 23.8 Å². The maximum absolute atomic E-state index is 12.8. The summed E-state index contributed by atoms with van der Waals surface area (Å²) < 4.78 is 0. The molecule has 24 heavy (non-hydrogen) atoms. The molecular weight excluding hydrogens is 348 g/mol. The Morgan fingerprint density at radius 3 is 2.50 bits per heavy atom. The first kappa shape index (κ1) is 16.9. The molecule has 0 N–H and O–H groups in total. The van der Waals surface area contributed by atoms with E-state index in [1.807, 2.05) is 0 Å². The van der Waals surface area contributed by atoms with Gasteiger partial charge in [-0.15, -0.1) is 0 Å². The van der Waals surface area contributed by atoms with E-state index < -0.39 is 4.92 Å². The van der Waals surface area contributed by atoms with Gasteiger partial charge >= 0.3 is 5.00 Å². The summed E-state index contributed by atoms with van der Waals surface area (Å²) in [6.45, 7) is 3.84. The largest absolute Gasteiger partial charge is 0.363 e. The number of anilines is 1. The third kappa shape index (κ3) is 3.44. The number of thiophene rings is 1. The number of piperidine rings is 1. The first-order valence-electron chi connectivity index (χ1n) is 7.79. The molecule has 0 radical (unpaired) electrons. The summed E-state index contributed by atoms with van der Waals surface area (Å²) in [5.74, 6) is 0.441. The zero-order valence-electron chi connectivity index (χ0n) is 13.2. The van der Waals surface area contributed by atoms with Crippen molar-refractivity contribution < 1.29 is 9.72 Å². The lowest BCUT2D eigenvalue weighted by Crippen LogP contribution is -2.33. The Labute approximate surface area is 149 Å². The van der Waals surface area contributed by atoms with Crippen molar-refractivity contribution in [3.8, 4) is 0 Å². The van der Waals surface area contributed by atoms with Gasteiger partial charge in [-0.05, 0) is 54.4 Å². The number of halogens is 1. The molecule has 2 aromatic rings. The molecule has 0 aliphatic carbocycles. The van der Waals surface area contributed by atoms with Crippen molar-refractivity contribution in [3.63, 3.8) is 0 Å². The van der Waals surface area contributed by atoms with Crippen molar-refractivity contribution in [3.05, 3.63) is 56.6 Å². The van der Waals surface area contributed by atoms with Gasteiger partial charge in [-0.3, -0.25) is 14.9 Å². The highest BCUT2D eigenvalue weighted by atomic mass is 35.5. The van der Waals surface area contributed by atoms with Gasteiger partial charge in [-0.25, -0.2) is 0 Å². The Morgan fingerprint density at radius 1 is 1.29 bits per heavy atom. The first-order chi connectivity index (χ1) is 11.5. The second-order valence-corrected chi connectivity index (χ2v) is 7.51. The minimum atomic E-state index is -0.431. The van der Waals surface area contributed by atoms with E-state index in [2.05, 4.69) is 11.8 Å². The Morgan fingerprint density at radius 2 is 1.92 bits per heavy atom. The SMILES string of the molecule is CC1CCN(c2sc([N+](=O)[O-])cc2C(=O)c2ccc(Cl)cc2)CC1. The fourth-order valence-electron chi connectivity index (χ4n) is 2.82. The minimum Gasteiger partial charge on any atom is -0.363 e. The normalized spacial score (nSPS) is 15.5. The Kier molecular flexibility index (Phi) is 4.87. The number of nitro groups is 1. The molecule has 126 valence electrons. The van der Waals surface area contributed by atoms with Crippen LogP contribution in [0.15, 0.2) is 30.3 Å². The van der Waals surface area contributed by atoms with E-state index in [-0.39, 0.29) is 10.8 Å². The summed E-state index contributed by atoms with van der Waals surface area (Å²) in [4.78, 5) is 25.7. The van der Waals surface area contributed by atoms with E-state index in [4.69, 9.17) is 11.6 Å². The van der Waals surface area contributed by atoms with Crippen LogP contribution in [0.4, 0.5) is 10.0 Å². The maximum Gasteiger partial charge on any atom is 0.326 e. The highest BCUT2D eigenvalue weighted by Crippen LogP contribution is 2.39. The third-order valence-corrected chi connectivity index (χ3v) is 5.70. The second-order valence-electron chi connectivity index (χ2n) is 6.07. The molecule has 1 fully saturated rings. The lowest BCUT2D eigenvalue weighted by Gasteiger charge is -2.31. The molecule has 1 aliphatic rings. The van der Waals surface area contributed by atoms with Crippen molar-refractivity contribution >= 4 is 38.7 Å². The molecule has 0 bridgehead atoms. The van der Waals surface area contributed by atoms with Crippen LogP contribution in [0, 0.1) is 16.0 Å². The molecular formula is C17H17ClN2O3S. The zero-order chi connectivity index (χ0) is 17.3. The monoisotopic (exact) mass is 364 g/mol. The molecule has 1 aliphatic heterocycles. The third-order valence-electron chi connectivity index (χ3n) is 4.30. The molecule has 1 aromatic carbocycles. The van der Waals surface area contributed by atoms with Crippen molar-refractivity contribution in [1.29, 1.82) is 0 Å². The summed E-state index contributed by atoms with van der Waals surface area (Å²) >= 11 is 6.95. The smallest absolute Gasteiger partial charge is 0.326 e. The molecule has 1 aromatic heterocycles. The fourth-order valence-corrected chi connectivity index (χ4v) is 3.97.